The van der Waals surface area contributed by atoms with Gasteiger partial charge in [0.05, 0.1) is 11.2 Å². The maximum absolute atomic E-state index is 12.7. The molecule has 1 aromatic carbocycles. The van der Waals surface area contributed by atoms with Crippen LogP contribution in [0.5, 0.6) is 0 Å². The zero-order chi connectivity index (χ0) is 19.8. The van der Waals surface area contributed by atoms with Crippen molar-refractivity contribution < 1.29 is 4.79 Å². The van der Waals surface area contributed by atoms with Crippen LogP contribution in [0.2, 0.25) is 0 Å². The van der Waals surface area contributed by atoms with E-state index >= 15 is 0 Å². The van der Waals surface area contributed by atoms with Gasteiger partial charge < -0.3 is 9.88 Å². The molecule has 4 heterocycles. The molecule has 1 saturated heterocycles. The van der Waals surface area contributed by atoms with E-state index in [1.807, 2.05) is 40.4 Å². The van der Waals surface area contributed by atoms with E-state index in [4.69, 9.17) is 0 Å². The van der Waals surface area contributed by atoms with E-state index in [2.05, 4.69) is 32.3 Å². The molecule has 2 unspecified atom stereocenters. The fourth-order valence-electron chi connectivity index (χ4n) is 4.46. The highest BCUT2D eigenvalue weighted by molar-refractivity contribution is 7.09. The summed E-state index contributed by atoms with van der Waals surface area (Å²) >= 11 is 1.74. The van der Waals surface area contributed by atoms with Crippen molar-refractivity contribution in [1.82, 2.24) is 30.0 Å². The van der Waals surface area contributed by atoms with Crippen molar-refractivity contribution in [2.24, 2.45) is 11.8 Å². The number of carbonyl (C=O) groups excluding carboxylic acids is 1. The highest BCUT2D eigenvalue weighted by Crippen LogP contribution is 2.33. The van der Waals surface area contributed by atoms with E-state index in [1.54, 1.807) is 11.3 Å². The Kier molecular flexibility index (Phi) is 4.89. The number of rotatable bonds is 5. The van der Waals surface area contributed by atoms with E-state index in [-0.39, 0.29) is 5.91 Å². The van der Waals surface area contributed by atoms with Gasteiger partial charge in [0.2, 0.25) is 5.82 Å². The van der Waals surface area contributed by atoms with E-state index in [0.29, 0.717) is 24.2 Å². The number of benzene rings is 1. The van der Waals surface area contributed by atoms with Crippen LogP contribution in [0.1, 0.15) is 32.6 Å². The Morgan fingerprint density at radius 3 is 2.79 bits per heavy atom. The van der Waals surface area contributed by atoms with Crippen LogP contribution in [0.25, 0.3) is 0 Å². The van der Waals surface area contributed by atoms with Gasteiger partial charge in [-0.15, -0.1) is 21.5 Å². The Morgan fingerprint density at radius 2 is 2.00 bits per heavy atom. The monoisotopic (exact) mass is 408 g/mol. The highest BCUT2D eigenvalue weighted by atomic mass is 32.1. The molecule has 5 rings (SSSR count). The smallest absolute Gasteiger partial charge is 0.289 e. The van der Waals surface area contributed by atoms with Crippen molar-refractivity contribution in [2.45, 2.75) is 33.0 Å². The van der Waals surface area contributed by atoms with Crippen molar-refractivity contribution in [1.29, 1.82) is 0 Å². The van der Waals surface area contributed by atoms with Crippen LogP contribution in [0.4, 0.5) is 0 Å². The first kappa shape index (κ1) is 18.4. The molecule has 0 spiro atoms. The second-order valence-electron chi connectivity index (χ2n) is 8.00. The summed E-state index contributed by atoms with van der Waals surface area (Å²) in [6.07, 6.45) is 0.891. The third-order valence-electron chi connectivity index (χ3n) is 6.05. The van der Waals surface area contributed by atoms with Gasteiger partial charge in [0, 0.05) is 44.0 Å². The molecule has 0 saturated carbocycles. The summed E-state index contributed by atoms with van der Waals surface area (Å²) in [6.45, 7) is 6.48. The van der Waals surface area contributed by atoms with Gasteiger partial charge in [0.1, 0.15) is 5.82 Å². The molecule has 2 aliphatic rings. The Morgan fingerprint density at radius 1 is 1.17 bits per heavy atom. The zero-order valence-corrected chi connectivity index (χ0v) is 17.2. The number of nitrogens with one attached hydrogen (secondary N) is 1. The van der Waals surface area contributed by atoms with Crippen LogP contribution in [-0.2, 0) is 26.1 Å². The number of likely N-dealkylation sites (tertiary alicyclic amines) is 1. The second kappa shape index (κ2) is 7.68. The molecular formula is C21H24N6OS. The quantitative estimate of drug-likeness (QED) is 0.701. The Balaban J connectivity index is 1.24. The molecule has 2 aromatic heterocycles. The fourth-order valence-corrected chi connectivity index (χ4v) is 5.28. The van der Waals surface area contributed by atoms with E-state index in [0.717, 1.165) is 49.7 Å². The normalized spacial score (nSPS) is 21.0. The predicted molar refractivity (Wildman–Crippen MR) is 110 cm³/mol. The summed E-state index contributed by atoms with van der Waals surface area (Å²) in [5.74, 6) is 2.34. The molecule has 2 aliphatic heterocycles. The Labute approximate surface area is 173 Å². The highest BCUT2D eigenvalue weighted by Gasteiger charge is 2.39. The summed E-state index contributed by atoms with van der Waals surface area (Å²) in [4.78, 5) is 20.9. The standard InChI is InChI=1S/C21H24N6OS/c1-14-18(29-13-23-14)12-26-9-16-7-19-24-25-20(27(19)11-17(16)10-26)21(28)22-8-15-5-3-2-4-6-15/h2-6,13,16-17H,7-12H2,1H3,(H,22,28). The molecule has 1 fully saturated rings. The molecule has 0 bridgehead atoms. The summed E-state index contributed by atoms with van der Waals surface area (Å²) in [5, 5.41) is 11.5. The van der Waals surface area contributed by atoms with E-state index in [9.17, 15) is 4.79 Å². The predicted octanol–water partition coefficient (Wildman–Crippen LogP) is 2.28. The van der Waals surface area contributed by atoms with Gasteiger partial charge in [-0.3, -0.25) is 9.69 Å². The lowest BCUT2D eigenvalue weighted by molar-refractivity contribution is 0.0932. The van der Waals surface area contributed by atoms with Gasteiger partial charge in [0.25, 0.3) is 5.91 Å². The minimum absolute atomic E-state index is 0.152. The van der Waals surface area contributed by atoms with Gasteiger partial charge in [0.15, 0.2) is 0 Å². The van der Waals surface area contributed by atoms with Gasteiger partial charge in [-0.25, -0.2) is 4.98 Å². The van der Waals surface area contributed by atoms with Crippen LogP contribution in [0, 0.1) is 18.8 Å². The lowest BCUT2D eigenvalue weighted by atomic mass is 9.89. The minimum Gasteiger partial charge on any atom is -0.345 e. The Hall–Kier alpha value is -2.58. The molecule has 8 heteroatoms. The molecular weight excluding hydrogens is 384 g/mol. The summed E-state index contributed by atoms with van der Waals surface area (Å²) < 4.78 is 2.03. The van der Waals surface area contributed by atoms with Crippen LogP contribution in [-0.4, -0.2) is 43.6 Å². The summed E-state index contributed by atoms with van der Waals surface area (Å²) in [6, 6.07) is 9.92. The number of aromatic nitrogens is 4. The molecule has 3 aromatic rings. The maximum atomic E-state index is 12.7. The first-order valence-corrected chi connectivity index (χ1v) is 10.9. The summed E-state index contributed by atoms with van der Waals surface area (Å²) in [5.41, 5.74) is 4.14. The van der Waals surface area contributed by atoms with Crippen LogP contribution in [0.3, 0.4) is 0 Å². The zero-order valence-electron chi connectivity index (χ0n) is 16.4. The summed E-state index contributed by atoms with van der Waals surface area (Å²) in [7, 11) is 0. The second-order valence-corrected chi connectivity index (χ2v) is 8.94. The van der Waals surface area contributed by atoms with Gasteiger partial charge in [-0.1, -0.05) is 30.3 Å². The van der Waals surface area contributed by atoms with Crippen molar-refractivity contribution in [3.05, 3.63) is 63.6 Å². The van der Waals surface area contributed by atoms with Crippen LogP contribution >= 0.6 is 11.3 Å². The van der Waals surface area contributed by atoms with Crippen LogP contribution < -0.4 is 5.32 Å². The number of aryl methyl sites for hydroxylation is 1. The molecule has 1 N–H and O–H groups in total. The van der Waals surface area contributed by atoms with Crippen molar-refractivity contribution in [3.63, 3.8) is 0 Å². The topological polar surface area (TPSA) is 75.9 Å². The number of carbonyl (C=O) groups is 1. The molecule has 150 valence electrons. The number of hydrogen-bond donors (Lipinski definition) is 1. The molecule has 0 aliphatic carbocycles. The maximum Gasteiger partial charge on any atom is 0.289 e. The SMILES string of the molecule is Cc1ncsc1CN1CC2Cc3nnc(C(=O)NCc4ccccc4)n3CC2C1. The van der Waals surface area contributed by atoms with Gasteiger partial charge in [-0.2, -0.15) is 0 Å². The average molecular weight is 409 g/mol. The van der Waals surface area contributed by atoms with Crippen molar-refractivity contribution in [2.75, 3.05) is 13.1 Å². The number of hydrogen-bond acceptors (Lipinski definition) is 6. The number of nitrogens with zero attached hydrogens (tertiary/aromatic N) is 5. The number of fused-ring (bicyclic) bond motifs is 2. The van der Waals surface area contributed by atoms with Crippen molar-refractivity contribution in [3.8, 4) is 0 Å². The Bertz CT molecular complexity index is 1010. The van der Waals surface area contributed by atoms with Gasteiger partial charge in [-0.05, 0) is 24.3 Å². The molecule has 0 radical (unpaired) electrons. The first-order valence-electron chi connectivity index (χ1n) is 10.0. The molecule has 29 heavy (non-hydrogen) atoms. The third kappa shape index (κ3) is 3.70. The fraction of sp³-hybridized carbons (Fsp3) is 0.429. The van der Waals surface area contributed by atoms with E-state index < -0.39 is 0 Å². The molecule has 7 nitrogen and oxygen atoms in total. The first-order chi connectivity index (χ1) is 14.2. The van der Waals surface area contributed by atoms with Gasteiger partial charge >= 0.3 is 0 Å². The third-order valence-corrected chi connectivity index (χ3v) is 6.97. The average Bonchev–Trinajstić information content (AvgIpc) is 3.43. The number of thiazole rings is 1. The minimum atomic E-state index is -0.152. The number of amides is 1. The largest absolute Gasteiger partial charge is 0.345 e. The molecule has 1 amide bonds. The van der Waals surface area contributed by atoms with Crippen LogP contribution in [0.15, 0.2) is 35.8 Å². The lowest BCUT2D eigenvalue weighted by Crippen LogP contribution is -2.32. The van der Waals surface area contributed by atoms with E-state index in [1.165, 1.54) is 4.88 Å². The molecule has 2 atom stereocenters. The van der Waals surface area contributed by atoms with Crippen molar-refractivity contribution >= 4 is 17.2 Å². The lowest BCUT2D eigenvalue weighted by Gasteiger charge is -2.25.